The predicted octanol–water partition coefficient (Wildman–Crippen LogP) is 2.20. The number of nitro groups is 1. The summed E-state index contributed by atoms with van der Waals surface area (Å²) in [7, 11) is 0. The van der Waals surface area contributed by atoms with Crippen molar-refractivity contribution >= 4 is 5.69 Å². The molecule has 0 saturated carbocycles. The predicted molar refractivity (Wildman–Crippen MR) is 68.3 cm³/mol. The fraction of sp³-hybridized carbons (Fsp3) is 0.333. The second-order valence-electron chi connectivity index (χ2n) is 4.54. The third-order valence-electron chi connectivity index (χ3n) is 2.77. The van der Waals surface area contributed by atoms with Crippen LogP contribution in [0.3, 0.4) is 0 Å². The Bertz CT molecular complexity index is 673. The van der Waals surface area contributed by atoms with Crippen LogP contribution in [-0.2, 0) is 6.42 Å². The second-order valence-corrected chi connectivity index (χ2v) is 4.54. The molecule has 0 bridgehead atoms. The molecule has 0 saturated heterocycles. The number of hydrogen-bond donors (Lipinski definition) is 1. The smallest absolute Gasteiger partial charge is 0.305 e. The number of halogens is 2. The van der Waals surface area contributed by atoms with Crippen molar-refractivity contribution in [3.05, 3.63) is 39.8 Å². The molecule has 21 heavy (non-hydrogen) atoms. The summed E-state index contributed by atoms with van der Waals surface area (Å²) in [5.74, 6) is -2.54. The lowest BCUT2D eigenvalue weighted by Crippen LogP contribution is -2.15. The highest BCUT2D eigenvalue weighted by Gasteiger charge is 2.25. The highest BCUT2D eigenvalue weighted by molar-refractivity contribution is 5.61. The van der Waals surface area contributed by atoms with Crippen molar-refractivity contribution in [1.29, 1.82) is 0 Å². The van der Waals surface area contributed by atoms with E-state index >= 15 is 0 Å². The molecule has 2 aromatic rings. The first-order valence-corrected chi connectivity index (χ1v) is 6.11. The zero-order valence-electron chi connectivity index (χ0n) is 11.0. The van der Waals surface area contributed by atoms with Crippen LogP contribution in [0.25, 0.3) is 11.4 Å². The topological polar surface area (TPSA) is 108 Å². The van der Waals surface area contributed by atoms with E-state index in [2.05, 4.69) is 10.1 Å². The van der Waals surface area contributed by atoms with Crippen molar-refractivity contribution in [3.8, 4) is 11.4 Å². The van der Waals surface area contributed by atoms with E-state index < -0.39 is 27.8 Å². The van der Waals surface area contributed by atoms with Crippen molar-refractivity contribution in [2.45, 2.75) is 25.8 Å². The molecule has 1 heterocycles. The minimum absolute atomic E-state index is 0.0911. The second kappa shape index (κ2) is 5.92. The fourth-order valence-corrected chi connectivity index (χ4v) is 1.70. The van der Waals surface area contributed by atoms with Gasteiger partial charge in [0, 0.05) is 18.5 Å². The van der Waals surface area contributed by atoms with Crippen molar-refractivity contribution in [3.63, 3.8) is 0 Å². The molecular weight excluding hydrogens is 286 g/mol. The quantitative estimate of drug-likeness (QED) is 0.669. The number of aromatic nitrogens is 2. The molecule has 0 radical (unpaired) electrons. The van der Waals surface area contributed by atoms with Crippen LogP contribution in [0.1, 0.15) is 19.2 Å². The first-order valence-electron chi connectivity index (χ1n) is 6.11. The van der Waals surface area contributed by atoms with E-state index in [1.807, 2.05) is 0 Å². The molecule has 1 atom stereocenters. The van der Waals surface area contributed by atoms with Crippen LogP contribution >= 0.6 is 0 Å². The first kappa shape index (κ1) is 15.0. The maximum Gasteiger partial charge on any atom is 0.305 e. The number of nitrogens with zero attached hydrogens (tertiary/aromatic N) is 3. The summed E-state index contributed by atoms with van der Waals surface area (Å²) >= 11 is 0. The molecule has 1 unspecified atom stereocenters. The Labute approximate surface area is 117 Å². The van der Waals surface area contributed by atoms with Crippen LogP contribution < -0.4 is 5.73 Å². The maximum absolute atomic E-state index is 14.0. The number of hydrogen-bond acceptors (Lipinski definition) is 6. The van der Waals surface area contributed by atoms with Gasteiger partial charge in [0.15, 0.2) is 0 Å². The molecule has 1 aromatic heterocycles. The Morgan fingerprint density at radius 3 is 2.81 bits per heavy atom. The largest absolute Gasteiger partial charge is 0.339 e. The Morgan fingerprint density at radius 2 is 2.19 bits per heavy atom. The molecule has 0 spiro atoms. The van der Waals surface area contributed by atoms with Gasteiger partial charge in [0.2, 0.25) is 17.5 Å². The van der Waals surface area contributed by atoms with Crippen LogP contribution in [0.2, 0.25) is 0 Å². The van der Waals surface area contributed by atoms with Gasteiger partial charge in [-0.25, -0.2) is 4.39 Å². The van der Waals surface area contributed by atoms with Gasteiger partial charge in [0.25, 0.3) is 0 Å². The van der Waals surface area contributed by atoms with Gasteiger partial charge in [0.1, 0.15) is 11.4 Å². The van der Waals surface area contributed by atoms with E-state index in [0.717, 1.165) is 12.1 Å². The summed E-state index contributed by atoms with van der Waals surface area (Å²) in [4.78, 5) is 13.6. The first-order chi connectivity index (χ1) is 9.90. The number of benzene rings is 1. The van der Waals surface area contributed by atoms with E-state index in [1.165, 1.54) is 0 Å². The summed E-state index contributed by atoms with van der Waals surface area (Å²) in [5.41, 5.74) is 4.04. The van der Waals surface area contributed by atoms with Gasteiger partial charge < -0.3 is 10.3 Å². The van der Waals surface area contributed by atoms with E-state index in [4.69, 9.17) is 10.3 Å². The van der Waals surface area contributed by atoms with Gasteiger partial charge in [-0.1, -0.05) is 5.16 Å². The van der Waals surface area contributed by atoms with Gasteiger partial charge in [-0.15, -0.1) is 0 Å². The molecule has 0 aliphatic carbocycles. The van der Waals surface area contributed by atoms with E-state index in [0.29, 0.717) is 12.8 Å². The summed E-state index contributed by atoms with van der Waals surface area (Å²) in [6, 6.07) is 1.44. The van der Waals surface area contributed by atoms with Gasteiger partial charge in [0.05, 0.1) is 4.92 Å². The highest BCUT2D eigenvalue weighted by atomic mass is 19.1. The molecule has 2 N–H and O–H groups in total. The lowest BCUT2D eigenvalue weighted by molar-refractivity contribution is -0.387. The third kappa shape index (κ3) is 3.19. The lowest BCUT2D eigenvalue weighted by Gasteiger charge is -2.01. The minimum atomic E-state index is -1.33. The Balaban J connectivity index is 2.38. The Morgan fingerprint density at radius 1 is 1.48 bits per heavy atom. The average Bonchev–Trinajstić information content (AvgIpc) is 2.84. The summed E-state index contributed by atoms with van der Waals surface area (Å²) in [6.07, 6.45) is 0.907. The van der Waals surface area contributed by atoms with Crippen LogP contribution in [0, 0.1) is 21.7 Å². The number of rotatable bonds is 5. The number of nitrogens with two attached hydrogens (primary N) is 1. The molecule has 7 nitrogen and oxygen atoms in total. The molecule has 0 aliphatic heterocycles. The van der Waals surface area contributed by atoms with E-state index in [1.54, 1.807) is 6.92 Å². The van der Waals surface area contributed by atoms with Crippen molar-refractivity contribution < 1.29 is 18.2 Å². The third-order valence-corrected chi connectivity index (χ3v) is 2.77. The summed E-state index contributed by atoms with van der Waals surface area (Å²) in [5, 5.41) is 14.1. The standard InChI is InChI=1S/C12H12F2N4O3/c1-6(15)2-5-9-16-12(17-21-9)10-7(13)3-4-8(11(10)14)18(19)20/h3-4,6H,2,5,15H2,1H3. The van der Waals surface area contributed by atoms with Crippen LogP contribution in [0.5, 0.6) is 0 Å². The van der Waals surface area contributed by atoms with E-state index in [-0.39, 0.29) is 17.8 Å². The van der Waals surface area contributed by atoms with Crippen molar-refractivity contribution in [2.24, 2.45) is 5.73 Å². The molecular formula is C12H12F2N4O3. The van der Waals surface area contributed by atoms with Crippen LogP contribution in [0.15, 0.2) is 16.7 Å². The highest BCUT2D eigenvalue weighted by Crippen LogP contribution is 2.30. The SMILES string of the molecule is CC(N)CCc1nc(-c2c(F)ccc([N+](=O)[O-])c2F)no1. The maximum atomic E-state index is 14.0. The van der Waals surface area contributed by atoms with Crippen molar-refractivity contribution in [2.75, 3.05) is 0 Å². The Hall–Kier alpha value is -2.42. The zero-order valence-corrected chi connectivity index (χ0v) is 11.0. The van der Waals surface area contributed by atoms with Gasteiger partial charge in [-0.3, -0.25) is 10.1 Å². The van der Waals surface area contributed by atoms with E-state index in [9.17, 15) is 18.9 Å². The minimum Gasteiger partial charge on any atom is -0.339 e. The van der Waals surface area contributed by atoms with Gasteiger partial charge >= 0.3 is 5.69 Å². The Kier molecular flexibility index (Phi) is 4.22. The van der Waals surface area contributed by atoms with Crippen LogP contribution in [-0.4, -0.2) is 21.1 Å². The molecule has 9 heteroatoms. The summed E-state index contributed by atoms with van der Waals surface area (Å²) in [6.45, 7) is 1.79. The van der Waals surface area contributed by atoms with Crippen LogP contribution in [0.4, 0.5) is 14.5 Å². The monoisotopic (exact) mass is 298 g/mol. The molecule has 2 rings (SSSR count). The normalized spacial score (nSPS) is 12.4. The molecule has 0 aliphatic rings. The zero-order chi connectivity index (χ0) is 15.6. The lowest BCUT2D eigenvalue weighted by atomic mass is 10.1. The summed E-state index contributed by atoms with van der Waals surface area (Å²) < 4.78 is 32.5. The van der Waals surface area contributed by atoms with Crippen molar-refractivity contribution in [1.82, 2.24) is 10.1 Å². The molecule has 0 fully saturated rings. The van der Waals surface area contributed by atoms with Gasteiger partial charge in [-0.05, 0) is 19.4 Å². The molecule has 112 valence electrons. The molecule has 0 amide bonds. The average molecular weight is 298 g/mol. The number of aryl methyl sites for hydroxylation is 1. The number of nitro benzene ring substituents is 1. The fourth-order valence-electron chi connectivity index (χ4n) is 1.70. The molecule has 1 aromatic carbocycles. The van der Waals surface area contributed by atoms with Gasteiger partial charge in [-0.2, -0.15) is 9.37 Å².